The predicted molar refractivity (Wildman–Crippen MR) is 91.9 cm³/mol. The smallest absolute Gasteiger partial charge is 0.414 e. The summed E-state index contributed by atoms with van der Waals surface area (Å²) >= 11 is 6.10. The molecule has 0 atom stereocenters. The molecule has 0 aliphatic carbocycles. The Hall–Kier alpha value is -1.20. The van der Waals surface area contributed by atoms with Crippen LogP contribution in [-0.4, -0.2) is 64.8 Å². The van der Waals surface area contributed by atoms with Crippen LogP contribution in [0, 0.1) is 0 Å². The Bertz CT molecular complexity index is 663. The van der Waals surface area contributed by atoms with E-state index in [1.54, 1.807) is 33.3 Å². The molecule has 0 N–H and O–H groups in total. The number of amides is 1. The summed E-state index contributed by atoms with van der Waals surface area (Å²) in [6.45, 7) is 0. The Labute approximate surface area is 149 Å². The van der Waals surface area contributed by atoms with Crippen molar-refractivity contribution >= 4 is 39.0 Å². The van der Waals surface area contributed by atoms with E-state index >= 15 is 0 Å². The van der Waals surface area contributed by atoms with Gasteiger partial charge in [-0.1, -0.05) is 11.6 Å². The van der Waals surface area contributed by atoms with E-state index in [1.807, 2.05) is 0 Å². The minimum absolute atomic E-state index is 0.00925. The number of methoxy groups -OCH3 is 1. The van der Waals surface area contributed by atoms with Gasteiger partial charge >= 0.3 is 6.09 Å². The third-order valence-corrected chi connectivity index (χ3v) is 4.33. The molecule has 0 bridgehead atoms. The van der Waals surface area contributed by atoms with Gasteiger partial charge in [0.15, 0.2) is 16.4 Å². The topological polar surface area (TPSA) is 105 Å². The van der Waals surface area contributed by atoms with Crippen LogP contribution in [0.4, 0.5) is 4.79 Å². The summed E-state index contributed by atoms with van der Waals surface area (Å²) in [7, 11) is 1.20. The molecular formula is C13H20ClNO7S2. The van der Waals surface area contributed by atoms with E-state index in [1.165, 1.54) is 4.90 Å². The Morgan fingerprint density at radius 2 is 1.71 bits per heavy atom. The van der Waals surface area contributed by atoms with E-state index in [9.17, 15) is 17.8 Å². The molecule has 24 heavy (non-hydrogen) atoms. The standard InChI is InChI=1S/C12H17ClNO3S.CH4O4S/c1-14(2)12(15)17-9-7-10(16-3)11(18(4)5)6-8(9)13;1-5-6(2,3)4/h6-7H,1-5H3;1H3,(H,2,3,4)/q+1;/p-1. The Kier molecular flexibility index (Phi) is 9.45. The van der Waals surface area contributed by atoms with Gasteiger partial charge in [0, 0.05) is 37.1 Å². The molecule has 0 fully saturated rings. The molecule has 0 radical (unpaired) electrons. The summed E-state index contributed by atoms with van der Waals surface area (Å²) in [4.78, 5) is 13.8. The van der Waals surface area contributed by atoms with Crippen LogP contribution in [0.1, 0.15) is 0 Å². The van der Waals surface area contributed by atoms with E-state index in [2.05, 4.69) is 16.7 Å². The van der Waals surface area contributed by atoms with Crippen LogP contribution in [0.5, 0.6) is 11.5 Å². The van der Waals surface area contributed by atoms with Gasteiger partial charge in [-0.2, -0.15) is 0 Å². The van der Waals surface area contributed by atoms with E-state index in [-0.39, 0.29) is 10.9 Å². The fourth-order valence-electron chi connectivity index (χ4n) is 1.26. The number of rotatable bonds is 4. The molecule has 0 heterocycles. The van der Waals surface area contributed by atoms with Crippen LogP contribution < -0.4 is 9.47 Å². The van der Waals surface area contributed by atoms with Gasteiger partial charge in [0.1, 0.15) is 12.5 Å². The molecule has 11 heteroatoms. The van der Waals surface area contributed by atoms with Gasteiger partial charge in [-0.25, -0.2) is 13.2 Å². The Morgan fingerprint density at radius 1 is 1.21 bits per heavy atom. The van der Waals surface area contributed by atoms with Crippen molar-refractivity contribution in [2.24, 2.45) is 0 Å². The monoisotopic (exact) mass is 401 g/mol. The van der Waals surface area contributed by atoms with Crippen molar-refractivity contribution in [2.45, 2.75) is 4.90 Å². The summed E-state index contributed by atoms with van der Waals surface area (Å²) in [6.07, 6.45) is 3.66. The zero-order valence-corrected chi connectivity index (χ0v) is 16.5. The van der Waals surface area contributed by atoms with Crippen molar-refractivity contribution in [1.29, 1.82) is 0 Å². The summed E-state index contributed by atoms with van der Waals surface area (Å²) in [6, 6.07) is 3.42. The molecule has 0 aromatic heterocycles. The van der Waals surface area contributed by atoms with Gasteiger partial charge in [0.05, 0.1) is 19.2 Å². The fraction of sp³-hybridized carbons (Fsp3) is 0.462. The van der Waals surface area contributed by atoms with Crippen molar-refractivity contribution in [3.63, 3.8) is 0 Å². The highest BCUT2D eigenvalue weighted by Crippen LogP contribution is 2.35. The third kappa shape index (κ3) is 8.06. The molecule has 1 amide bonds. The number of halogens is 1. The second-order valence-corrected chi connectivity index (χ2v) is 8.22. The summed E-state index contributed by atoms with van der Waals surface area (Å²) in [5, 5.41) is 0.405. The molecule has 138 valence electrons. The van der Waals surface area contributed by atoms with Crippen molar-refractivity contribution in [3.8, 4) is 11.5 Å². The van der Waals surface area contributed by atoms with E-state index in [0.29, 0.717) is 16.5 Å². The molecule has 0 unspecified atom stereocenters. The lowest BCUT2D eigenvalue weighted by Crippen LogP contribution is -2.25. The van der Waals surface area contributed by atoms with Crippen molar-refractivity contribution in [1.82, 2.24) is 4.90 Å². The van der Waals surface area contributed by atoms with Crippen LogP contribution >= 0.6 is 11.6 Å². The second kappa shape index (κ2) is 9.94. The average molecular weight is 402 g/mol. The first-order valence-electron chi connectivity index (χ1n) is 6.28. The number of hydrogen-bond donors (Lipinski definition) is 0. The predicted octanol–water partition coefficient (Wildman–Crippen LogP) is 1.74. The molecule has 0 aliphatic heterocycles. The second-order valence-electron chi connectivity index (χ2n) is 4.59. The number of carbonyl (C=O) groups is 1. The van der Waals surface area contributed by atoms with Gasteiger partial charge in [-0.05, 0) is 0 Å². The Morgan fingerprint density at radius 3 is 2.04 bits per heavy atom. The van der Waals surface area contributed by atoms with Crippen molar-refractivity contribution in [2.75, 3.05) is 40.8 Å². The largest absolute Gasteiger partial charge is 0.726 e. The molecule has 0 aliphatic rings. The molecule has 1 rings (SSSR count). The normalized spacial score (nSPS) is 10.7. The van der Waals surface area contributed by atoms with Crippen LogP contribution in [0.3, 0.4) is 0 Å². The number of benzene rings is 1. The lowest BCUT2D eigenvalue weighted by atomic mass is 10.3. The van der Waals surface area contributed by atoms with Crippen LogP contribution in [0.15, 0.2) is 17.0 Å². The molecule has 0 spiro atoms. The molecular weight excluding hydrogens is 382 g/mol. The minimum atomic E-state index is -4.41. The van der Waals surface area contributed by atoms with Gasteiger partial charge in [0.2, 0.25) is 10.4 Å². The highest BCUT2D eigenvalue weighted by molar-refractivity contribution is 7.95. The number of ether oxygens (including phenoxy) is 2. The van der Waals surface area contributed by atoms with Crippen molar-refractivity contribution in [3.05, 3.63) is 17.2 Å². The first-order chi connectivity index (χ1) is 10.9. The quantitative estimate of drug-likeness (QED) is 0.429. The maximum atomic E-state index is 11.5. The first-order valence-corrected chi connectivity index (χ1v) is 10.0. The van der Waals surface area contributed by atoms with Crippen LogP contribution in [0.25, 0.3) is 0 Å². The molecule has 1 aromatic carbocycles. The average Bonchev–Trinajstić information content (AvgIpc) is 2.48. The summed E-state index contributed by atoms with van der Waals surface area (Å²) in [5.41, 5.74) is 0. The molecule has 8 nitrogen and oxygen atoms in total. The van der Waals surface area contributed by atoms with E-state index in [4.69, 9.17) is 21.1 Å². The van der Waals surface area contributed by atoms with Gasteiger partial charge in [-0.15, -0.1) is 0 Å². The zero-order chi connectivity index (χ0) is 19.1. The third-order valence-electron chi connectivity index (χ3n) is 2.42. The van der Waals surface area contributed by atoms with Gasteiger partial charge < -0.3 is 18.9 Å². The SMILES string of the molecule is COS(=O)(=O)[O-].COc1cc(OC(=O)N(C)C)c(Cl)cc1[S+](C)C. The highest BCUT2D eigenvalue weighted by atomic mass is 35.5. The maximum absolute atomic E-state index is 11.5. The summed E-state index contributed by atoms with van der Waals surface area (Å²) in [5.74, 6) is 0.982. The van der Waals surface area contributed by atoms with Crippen molar-refractivity contribution < 1.29 is 31.4 Å². The highest BCUT2D eigenvalue weighted by Gasteiger charge is 2.21. The lowest BCUT2D eigenvalue weighted by Gasteiger charge is -2.13. The van der Waals surface area contributed by atoms with Gasteiger partial charge in [0.25, 0.3) is 0 Å². The van der Waals surface area contributed by atoms with E-state index < -0.39 is 16.5 Å². The van der Waals surface area contributed by atoms with Gasteiger partial charge in [-0.3, -0.25) is 4.18 Å². The molecule has 1 aromatic rings. The molecule has 0 saturated carbocycles. The lowest BCUT2D eigenvalue weighted by molar-refractivity contribution is 0.171. The fourth-order valence-corrected chi connectivity index (χ4v) is 2.42. The first kappa shape index (κ1) is 22.8. The Balaban J connectivity index is 0.000000754. The zero-order valence-electron chi connectivity index (χ0n) is 14.2. The number of hydrogen-bond acceptors (Lipinski definition) is 7. The number of nitrogens with zero attached hydrogens (tertiary/aromatic N) is 1. The van der Waals surface area contributed by atoms with E-state index in [0.717, 1.165) is 12.0 Å². The summed E-state index contributed by atoms with van der Waals surface area (Å²) < 4.78 is 41.5. The molecule has 0 saturated heterocycles. The maximum Gasteiger partial charge on any atom is 0.414 e. The van der Waals surface area contributed by atoms with Crippen LogP contribution in [-0.2, 0) is 25.5 Å². The number of carbonyl (C=O) groups excluding carboxylic acids is 1. The minimum Gasteiger partial charge on any atom is -0.726 e. The van der Waals surface area contributed by atoms with Crippen LogP contribution in [0.2, 0.25) is 5.02 Å².